The highest BCUT2D eigenvalue weighted by Gasteiger charge is 2.45. The average molecular weight is 323 g/mol. The number of piperidine rings is 2. The predicted molar refractivity (Wildman–Crippen MR) is 82.6 cm³/mol. The Morgan fingerprint density at radius 2 is 2.00 bits per heavy atom. The van der Waals surface area contributed by atoms with Crippen LogP contribution in [0.25, 0.3) is 0 Å². The first-order chi connectivity index (χ1) is 11.1. The van der Waals surface area contributed by atoms with Crippen molar-refractivity contribution >= 4 is 5.91 Å². The molecule has 3 rings (SSSR count). The van der Waals surface area contributed by atoms with E-state index in [1.165, 1.54) is 7.11 Å². The maximum atomic E-state index is 12.0. The molecule has 0 saturated carbocycles. The molecule has 3 heterocycles. The zero-order chi connectivity index (χ0) is 16.3. The van der Waals surface area contributed by atoms with E-state index in [9.17, 15) is 9.90 Å². The molecule has 0 aliphatic carbocycles. The topological polar surface area (TPSA) is 83.7 Å². The van der Waals surface area contributed by atoms with Crippen LogP contribution >= 0.6 is 0 Å². The number of aromatic nitrogens is 3. The minimum Gasteiger partial charge on any atom is -0.389 e. The molecule has 23 heavy (non-hydrogen) atoms. The third kappa shape index (κ3) is 3.70. The Kier molecular flexibility index (Phi) is 4.93. The van der Waals surface area contributed by atoms with Gasteiger partial charge in [0.2, 0.25) is 5.91 Å². The summed E-state index contributed by atoms with van der Waals surface area (Å²) in [6.45, 7) is 4.79. The van der Waals surface area contributed by atoms with Gasteiger partial charge in [-0.25, -0.2) is 0 Å². The number of carbonyl (C=O) groups is 1. The summed E-state index contributed by atoms with van der Waals surface area (Å²) in [6, 6.07) is 0. The molecule has 128 valence electrons. The second-order valence-corrected chi connectivity index (χ2v) is 6.57. The van der Waals surface area contributed by atoms with Crippen LogP contribution < -0.4 is 0 Å². The molecule has 8 heteroatoms. The number of nitrogens with zero attached hydrogens (tertiary/aromatic N) is 5. The summed E-state index contributed by atoms with van der Waals surface area (Å²) in [5.74, 6) is 0.114. The molecule has 1 aromatic heterocycles. The van der Waals surface area contributed by atoms with Gasteiger partial charge in [-0.2, -0.15) is 0 Å². The molecular formula is C15H25N5O3. The number of carbonyl (C=O) groups excluding carboxylic acids is 1. The molecule has 8 nitrogen and oxygen atoms in total. The van der Waals surface area contributed by atoms with Crippen LogP contribution in [0.4, 0.5) is 0 Å². The molecule has 0 spiro atoms. The third-order valence-corrected chi connectivity index (χ3v) is 5.12. The van der Waals surface area contributed by atoms with E-state index < -0.39 is 5.60 Å². The summed E-state index contributed by atoms with van der Waals surface area (Å²) in [5, 5.41) is 18.5. The smallest absolute Gasteiger partial charge is 0.248 e. The normalized spacial score (nSPS) is 28.6. The van der Waals surface area contributed by atoms with E-state index in [-0.39, 0.29) is 18.4 Å². The SMILES string of the molecule is COCC(=O)N1CC[C@@]2(O)CCN(CCn3cnnc3)C[C@H]2C1. The van der Waals surface area contributed by atoms with Gasteiger partial charge < -0.3 is 24.2 Å². The van der Waals surface area contributed by atoms with Gasteiger partial charge in [0.1, 0.15) is 19.3 Å². The molecule has 1 N–H and O–H groups in total. The molecule has 0 bridgehead atoms. The Bertz CT molecular complexity index is 523. The molecule has 2 atom stereocenters. The number of aliphatic hydroxyl groups is 1. The molecule has 2 aliphatic rings. The van der Waals surface area contributed by atoms with Crippen LogP contribution in [-0.2, 0) is 16.1 Å². The third-order valence-electron chi connectivity index (χ3n) is 5.12. The van der Waals surface area contributed by atoms with Gasteiger partial charge in [0.25, 0.3) is 0 Å². The minimum absolute atomic E-state index is 0.0103. The molecule has 1 amide bonds. The van der Waals surface area contributed by atoms with Crippen LogP contribution in [-0.4, -0.2) is 87.6 Å². The highest BCUT2D eigenvalue weighted by molar-refractivity contribution is 5.77. The van der Waals surface area contributed by atoms with E-state index in [0.29, 0.717) is 19.5 Å². The highest BCUT2D eigenvalue weighted by Crippen LogP contribution is 2.35. The summed E-state index contributed by atoms with van der Waals surface area (Å²) < 4.78 is 6.89. The molecule has 0 aromatic carbocycles. The predicted octanol–water partition coefficient (Wildman–Crippen LogP) is -0.790. The van der Waals surface area contributed by atoms with Gasteiger partial charge in [0, 0.05) is 52.3 Å². The van der Waals surface area contributed by atoms with E-state index in [4.69, 9.17) is 4.74 Å². The lowest BCUT2D eigenvalue weighted by Crippen LogP contribution is -2.61. The van der Waals surface area contributed by atoms with Crippen LogP contribution in [0.1, 0.15) is 12.8 Å². The van der Waals surface area contributed by atoms with Gasteiger partial charge in [-0.15, -0.1) is 10.2 Å². The number of hydrogen-bond donors (Lipinski definition) is 1. The van der Waals surface area contributed by atoms with Crippen molar-refractivity contribution in [2.45, 2.75) is 25.0 Å². The Balaban J connectivity index is 1.56. The standard InChI is InChI=1S/C15H25N5O3/c1-23-10-14(21)20-5-3-15(22)2-4-18(8-13(15)9-20)6-7-19-11-16-17-12-19/h11-13,22H,2-10H2,1H3/t13-,15-/m0/s1. The van der Waals surface area contributed by atoms with Crippen LogP contribution in [0, 0.1) is 5.92 Å². The van der Waals surface area contributed by atoms with Crippen molar-refractivity contribution in [3.63, 3.8) is 0 Å². The van der Waals surface area contributed by atoms with E-state index in [0.717, 1.165) is 32.6 Å². The average Bonchev–Trinajstić information content (AvgIpc) is 3.06. The second kappa shape index (κ2) is 6.94. The van der Waals surface area contributed by atoms with E-state index >= 15 is 0 Å². The lowest BCUT2D eigenvalue weighted by atomic mass is 9.75. The quantitative estimate of drug-likeness (QED) is 0.764. The molecule has 0 unspecified atom stereocenters. The van der Waals surface area contributed by atoms with Crippen LogP contribution in [0.2, 0.25) is 0 Å². The van der Waals surface area contributed by atoms with Crippen molar-refractivity contribution in [2.24, 2.45) is 5.92 Å². The Morgan fingerprint density at radius 3 is 2.74 bits per heavy atom. The zero-order valence-corrected chi connectivity index (χ0v) is 13.6. The number of likely N-dealkylation sites (tertiary alicyclic amines) is 2. The Hall–Kier alpha value is -1.51. The first-order valence-corrected chi connectivity index (χ1v) is 8.14. The Morgan fingerprint density at radius 1 is 1.26 bits per heavy atom. The molecule has 2 fully saturated rings. The zero-order valence-electron chi connectivity index (χ0n) is 13.6. The fraction of sp³-hybridized carbons (Fsp3) is 0.800. The van der Waals surface area contributed by atoms with Crippen molar-refractivity contribution in [1.82, 2.24) is 24.6 Å². The number of ether oxygens (including phenoxy) is 1. The lowest BCUT2D eigenvalue weighted by Gasteiger charge is -2.50. The van der Waals surface area contributed by atoms with Crippen molar-refractivity contribution in [1.29, 1.82) is 0 Å². The fourth-order valence-electron chi connectivity index (χ4n) is 3.61. The van der Waals surface area contributed by atoms with Gasteiger partial charge in [0.05, 0.1) is 5.60 Å². The number of rotatable bonds is 5. The van der Waals surface area contributed by atoms with Gasteiger partial charge in [-0.1, -0.05) is 0 Å². The monoisotopic (exact) mass is 323 g/mol. The molecule has 2 saturated heterocycles. The first kappa shape index (κ1) is 16.4. The van der Waals surface area contributed by atoms with Gasteiger partial charge in [0.15, 0.2) is 0 Å². The van der Waals surface area contributed by atoms with Crippen molar-refractivity contribution < 1.29 is 14.6 Å². The van der Waals surface area contributed by atoms with Crippen LogP contribution in [0.3, 0.4) is 0 Å². The summed E-state index contributed by atoms with van der Waals surface area (Å²) in [5.41, 5.74) is -0.628. The molecule has 1 aromatic rings. The van der Waals surface area contributed by atoms with Gasteiger partial charge >= 0.3 is 0 Å². The van der Waals surface area contributed by atoms with Crippen molar-refractivity contribution in [3.05, 3.63) is 12.7 Å². The van der Waals surface area contributed by atoms with Crippen molar-refractivity contribution in [2.75, 3.05) is 46.4 Å². The maximum Gasteiger partial charge on any atom is 0.248 e. The van der Waals surface area contributed by atoms with Gasteiger partial charge in [-0.3, -0.25) is 4.79 Å². The molecule has 2 aliphatic heterocycles. The number of hydrogen-bond acceptors (Lipinski definition) is 6. The molecular weight excluding hydrogens is 298 g/mol. The largest absolute Gasteiger partial charge is 0.389 e. The van der Waals surface area contributed by atoms with Crippen LogP contribution in [0.5, 0.6) is 0 Å². The molecule has 0 radical (unpaired) electrons. The summed E-state index contributed by atoms with van der Waals surface area (Å²) >= 11 is 0. The first-order valence-electron chi connectivity index (χ1n) is 8.14. The summed E-state index contributed by atoms with van der Waals surface area (Å²) in [4.78, 5) is 16.2. The van der Waals surface area contributed by atoms with Gasteiger partial charge in [-0.05, 0) is 12.8 Å². The van der Waals surface area contributed by atoms with E-state index in [1.54, 1.807) is 12.7 Å². The number of fused-ring (bicyclic) bond motifs is 1. The fourth-order valence-corrected chi connectivity index (χ4v) is 3.61. The highest BCUT2D eigenvalue weighted by atomic mass is 16.5. The van der Waals surface area contributed by atoms with E-state index in [1.807, 2.05) is 9.47 Å². The minimum atomic E-state index is -0.628. The number of amides is 1. The second-order valence-electron chi connectivity index (χ2n) is 6.57. The Labute approximate surface area is 136 Å². The number of methoxy groups -OCH3 is 1. The summed E-state index contributed by atoms with van der Waals surface area (Å²) in [6.07, 6.45) is 4.86. The van der Waals surface area contributed by atoms with Crippen molar-refractivity contribution in [3.8, 4) is 0 Å². The lowest BCUT2D eigenvalue weighted by molar-refractivity contribution is -0.150. The van der Waals surface area contributed by atoms with E-state index in [2.05, 4.69) is 15.1 Å². The van der Waals surface area contributed by atoms with Crippen LogP contribution in [0.15, 0.2) is 12.7 Å². The summed E-state index contributed by atoms with van der Waals surface area (Å²) in [7, 11) is 1.53. The maximum absolute atomic E-state index is 12.0.